The van der Waals surface area contributed by atoms with Crippen LogP contribution in [-0.2, 0) is 14.8 Å². The van der Waals surface area contributed by atoms with Crippen molar-refractivity contribution in [2.45, 2.75) is 4.90 Å². The summed E-state index contributed by atoms with van der Waals surface area (Å²) in [6.07, 6.45) is 0. The Balaban J connectivity index is 1.83. The lowest BCUT2D eigenvalue weighted by atomic mass is 10.3. The van der Waals surface area contributed by atoms with E-state index in [-0.39, 0.29) is 29.7 Å². The Kier molecular flexibility index (Phi) is 6.06. The number of amides is 2. The molecule has 11 heteroatoms. The van der Waals surface area contributed by atoms with Gasteiger partial charge in [0, 0.05) is 38.3 Å². The highest BCUT2D eigenvalue weighted by Crippen LogP contribution is 2.16. The summed E-state index contributed by atoms with van der Waals surface area (Å²) in [4.78, 5) is 23.2. The third kappa shape index (κ3) is 4.88. The molecule has 0 radical (unpaired) electrons. The number of hydrogen-bond donors (Lipinski definition) is 2. The number of nitro groups is 1. The van der Waals surface area contributed by atoms with Crippen molar-refractivity contribution in [1.29, 1.82) is 0 Å². The zero-order valence-corrected chi connectivity index (χ0v) is 13.6. The fraction of sp³-hybridized carbons (Fsp3) is 0.462. The van der Waals surface area contributed by atoms with Crippen molar-refractivity contribution < 1.29 is 22.9 Å². The molecular formula is C13H18N4O6S. The van der Waals surface area contributed by atoms with E-state index in [2.05, 4.69) is 10.0 Å². The van der Waals surface area contributed by atoms with Crippen molar-refractivity contribution in [2.24, 2.45) is 0 Å². The van der Waals surface area contributed by atoms with Crippen molar-refractivity contribution in [3.63, 3.8) is 0 Å². The first-order valence-electron chi connectivity index (χ1n) is 7.25. The number of nitro benzene ring substituents is 1. The van der Waals surface area contributed by atoms with Crippen molar-refractivity contribution in [3.05, 3.63) is 34.4 Å². The first-order chi connectivity index (χ1) is 11.4. The molecule has 0 aromatic heterocycles. The Hall–Kier alpha value is -2.24. The minimum absolute atomic E-state index is 0.0267. The van der Waals surface area contributed by atoms with Gasteiger partial charge in [-0.2, -0.15) is 0 Å². The summed E-state index contributed by atoms with van der Waals surface area (Å²) in [5, 5.41) is 13.3. The number of hydrogen-bond acceptors (Lipinski definition) is 6. The van der Waals surface area contributed by atoms with Crippen LogP contribution in [0.3, 0.4) is 0 Å². The SMILES string of the molecule is O=C(NCCNS(=O)(=O)c1cccc([N+](=O)[O-])c1)N1CCOCC1. The number of carbonyl (C=O) groups excluding carboxylic acids is 1. The lowest BCUT2D eigenvalue weighted by molar-refractivity contribution is -0.385. The number of ether oxygens (including phenoxy) is 1. The molecule has 0 bridgehead atoms. The van der Waals surface area contributed by atoms with Crippen LogP contribution in [0.15, 0.2) is 29.2 Å². The second-order valence-corrected chi connectivity index (χ2v) is 6.75. The number of nitrogens with zero attached hydrogens (tertiary/aromatic N) is 2. The fourth-order valence-corrected chi connectivity index (χ4v) is 3.15. The zero-order chi connectivity index (χ0) is 17.6. The third-order valence-corrected chi connectivity index (χ3v) is 4.79. The number of carbonyl (C=O) groups is 1. The van der Waals surface area contributed by atoms with Gasteiger partial charge in [-0.3, -0.25) is 10.1 Å². The van der Waals surface area contributed by atoms with E-state index in [0.29, 0.717) is 26.3 Å². The highest BCUT2D eigenvalue weighted by Gasteiger charge is 2.18. The second-order valence-electron chi connectivity index (χ2n) is 4.98. The van der Waals surface area contributed by atoms with Gasteiger partial charge in [0.1, 0.15) is 0 Å². The predicted molar refractivity (Wildman–Crippen MR) is 84.1 cm³/mol. The number of rotatable bonds is 6. The number of sulfonamides is 1. The number of benzene rings is 1. The van der Waals surface area contributed by atoms with Crippen LogP contribution in [0.2, 0.25) is 0 Å². The standard InChI is InChI=1S/C13H18N4O6S/c18-13(16-6-8-23-9-7-16)14-4-5-15-24(21,22)12-3-1-2-11(10-12)17(19)20/h1-3,10,15H,4-9H2,(H,14,18). The van der Waals surface area contributed by atoms with E-state index >= 15 is 0 Å². The van der Waals surface area contributed by atoms with Crippen LogP contribution >= 0.6 is 0 Å². The Labute approximate surface area is 139 Å². The van der Waals surface area contributed by atoms with Gasteiger partial charge in [0.05, 0.1) is 23.0 Å². The highest BCUT2D eigenvalue weighted by atomic mass is 32.2. The van der Waals surface area contributed by atoms with Crippen LogP contribution in [0.1, 0.15) is 0 Å². The molecule has 0 unspecified atom stereocenters. The van der Waals surface area contributed by atoms with Gasteiger partial charge < -0.3 is 15.0 Å². The van der Waals surface area contributed by atoms with Gasteiger partial charge in [-0.15, -0.1) is 0 Å². The van der Waals surface area contributed by atoms with E-state index in [9.17, 15) is 23.3 Å². The molecule has 24 heavy (non-hydrogen) atoms. The number of morpholine rings is 1. The second kappa shape index (κ2) is 8.04. The normalized spacial score (nSPS) is 15.1. The van der Waals surface area contributed by atoms with E-state index in [0.717, 1.165) is 6.07 Å². The molecule has 10 nitrogen and oxygen atoms in total. The maximum absolute atomic E-state index is 12.1. The fourth-order valence-electron chi connectivity index (χ4n) is 2.08. The van der Waals surface area contributed by atoms with Gasteiger partial charge in [-0.1, -0.05) is 6.07 Å². The summed E-state index contributed by atoms with van der Waals surface area (Å²) < 4.78 is 31.6. The monoisotopic (exact) mass is 358 g/mol. The Bertz CT molecular complexity index is 702. The molecule has 2 amide bonds. The summed E-state index contributed by atoms with van der Waals surface area (Å²) in [7, 11) is -3.88. The van der Waals surface area contributed by atoms with Gasteiger partial charge >= 0.3 is 6.03 Å². The minimum Gasteiger partial charge on any atom is -0.378 e. The molecule has 1 aliphatic heterocycles. The van der Waals surface area contributed by atoms with E-state index in [1.54, 1.807) is 4.90 Å². The molecule has 132 valence electrons. The first-order valence-corrected chi connectivity index (χ1v) is 8.73. The van der Waals surface area contributed by atoms with E-state index in [1.165, 1.54) is 18.2 Å². The average Bonchev–Trinajstić information content (AvgIpc) is 2.59. The molecule has 0 atom stereocenters. The predicted octanol–water partition coefficient (Wildman–Crippen LogP) is -0.0851. The largest absolute Gasteiger partial charge is 0.378 e. The van der Waals surface area contributed by atoms with Gasteiger partial charge in [-0.25, -0.2) is 17.9 Å². The molecule has 1 aliphatic rings. The van der Waals surface area contributed by atoms with Crippen molar-refractivity contribution in [1.82, 2.24) is 14.9 Å². The maximum atomic E-state index is 12.1. The highest BCUT2D eigenvalue weighted by molar-refractivity contribution is 7.89. The lowest BCUT2D eigenvalue weighted by Crippen LogP contribution is -2.47. The topological polar surface area (TPSA) is 131 Å². The molecule has 0 saturated carbocycles. The Morgan fingerprint density at radius 3 is 2.67 bits per heavy atom. The zero-order valence-electron chi connectivity index (χ0n) is 12.8. The molecule has 2 rings (SSSR count). The molecular weight excluding hydrogens is 340 g/mol. The molecule has 1 saturated heterocycles. The van der Waals surface area contributed by atoms with Gasteiger partial charge in [0.2, 0.25) is 10.0 Å². The minimum atomic E-state index is -3.88. The molecule has 1 fully saturated rings. The molecule has 2 N–H and O–H groups in total. The lowest BCUT2D eigenvalue weighted by Gasteiger charge is -2.26. The molecule has 0 aliphatic carbocycles. The number of urea groups is 1. The first kappa shape index (κ1) is 18.1. The van der Waals surface area contributed by atoms with E-state index in [4.69, 9.17) is 4.74 Å². The summed E-state index contributed by atoms with van der Waals surface area (Å²) in [6, 6.07) is 4.47. The van der Waals surface area contributed by atoms with Gasteiger partial charge in [0.25, 0.3) is 5.69 Å². The van der Waals surface area contributed by atoms with Crippen molar-refractivity contribution in [3.8, 4) is 0 Å². The van der Waals surface area contributed by atoms with Crippen LogP contribution in [0.4, 0.5) is 10.5 Å². The maximum Gasteiger partial charge on any atom is 0.317 e. The average molecular weight is 358 g/mol. The van der Waals surface area contributed by atoms with Crippen LogP contribution in [0, 0.1) is 10.1 Å². The molecule has 1 aromatic carbocycles. The van der Waals surface area contributed by atoms with Crippen molar-refractivity contribution in [2.75, 3.05) is 39.4 Å². The number of nitrogens with one attached hydrogen (secondary N) is 2. The van der Waals surface area contributed by atoms with Crippen LogP contribution in [0.5, 0.6) is 0 Å². The summed E-state index contributed by atoms with van der Waals surface area (Å²) >= 11 is 0. The van der Waals surface area contributed by atoms with Crippen molar-refractivity contribution >= 4 is 21.7 Å². The molecule has 1 aromatic rings. The van der Waals surface area contributed by atoms with E-state index < -0.39 is 14.9 Å². The van der Waals surface area contributed by atoms with Gasteiger partial charge in [-0.05, 0) is 6.07 Å². The molecule has 1 heterocycles. The smallest absolute Gasteiger partial charge is 0.317 e. The summed E-state index contributed by atoms with van der Waals surface area (Å²) in [5.41, 5.74) is -0.307. The summed E-state index contributed by atoms with van der Waals surface area (Å²) in [6.45, 7) is 2.02. The number of non-ortho nitro benzene ring substituents is 1. The summed E-state index contributed by atoms with van der Waals surface area (Å²) in [5.74, 6) is 0. The Morgan fingerprint density at radius 1 is 1.29 bits per heavy atom. The quantitative estimate of drug-likeness (QED) is 0.415. The Morgan fingerprint density at radius 2 is 2.00 bits per heavy atom. The van der Waals surface area contributed by atoms with Gasteiger partial charge in [0.15, 0.2) is 0 Å². The third-order valence-electron chi connectivity index (χ3n) is 3.33. The van der Waals surface area contributed by atoms with Crippen LogP contribution < -0.4 is 10.0 Å². The molecule has 0 spiro atoms. The van der Waals surface area contributed by atoms with Crippen LogP contribution in [0.25, 0.3) is 0 Å². The van der Waals surface area contributed by atoms with E-state index in [1.807, 2.05) is 0 Å². The van der Waals surface area contributed by atoms with Crippen LogP contribution in [-0.4, -0.2) is 63.7 Å².